The molecule has 0 fully saturated rings. The van der Waals surface area contributed by atoms with Crippen molar-refractivity contribution < 1.29 is 4.79 Å². The third kappa shape index (κ3) is 11.0. The van der Waals surface area contributed by atoms with Gasteiger partial charge in [-0.25, -0.2) is 0 Å². The van der Waals surface area contributed by atoms with Gasteiger partial charge in [-0.1, -0.05) is 50.5 Å². The summed E-state index contributed by atoms with van der Waals surface area (Å²) in [6.07, 6.45) is 14.2. The van der Waals surface area contributed by atoms with Crippen molar-refractivity contribution in [2.45, 2.75) is 51.5 Å². The van der Waals surface area contributed by atoms with Crippen LogP contribution in [0.2, 0.25) is 0 Å². The number of carbonyl (C=O) groups excluding carboxylic acids is 1. The normalized spacial score (nSPS) is 13.6. The lowest BCUT2D eigenvalue weighted by molar-refractivity contribution is -0.118. The summed E-state index contributed by atoms with van der Waals surface area (Å²) in [6, 6.07) is -0.262. The molecule has 16 heavy (non-hydrogen) atoms. The Morgan fingerprint density at radius 2 is 2.00 bits per heavy atom. The number of primary amides is 1. The number of unbranched alkanes of at least 4 members (excludes halogenated alkanes) is 4. The van der Waals surface area contributed by atoms with Gasteiger partial charge < -0.3 is 11.5 Å². The Bertz CT molecular complexity index is 234. The Hall–Kier alpha value is -1.09. The Labute approximate surface area is 98.6 Å². The molecule has 1 amide bonds. The smallest absolute Gasteiger partial charge is 0.219 e. The fourth-order valence-corrected chi connectivity index (χ4v) is 1.37. The van der Waals surface area contributed by atoms with E-state index >= 15 is 0 Å². The van der Waals surface area contributed by atoms with Crippen LogP contribution in [0.25, 0.3) is 0 Å². The molecule has 0 aromatic heterocycles. The van der Waals surface area contributed by atoms with E-state index in [-0.39, 0.29) is 18.4 Å². The van der Waals surface area contributed by atoms with Gasteiger partial charge in [0.15, 0.2) is 0 Å². The molecular formula is C13H24N2O. The molecule has 0 aromatic carbocycles. The molecule has 0 aromatic rings. The highest BCUT2D eigenvalue weighted by Gasteiger charge is 2.00. The standard InChI is InChI=1S/C13H24N2O/c1-2-3-4-5-6-7-8-9-10-12(14)11-13(15)16/h7-10,12H,2-6,11,14H2,1H3,(H2,15,16)/b8-7+,10-9+. The second-order valence-corrected chi connectivity index (χ2v) is 4.00. The summed E-state index contributed by atoms with van der Waals surface area (Å²) >= 11 is 0. The minimum Gasteiger partial charge on any atom is -0.370 e. The van der Waals surface area contributed by atoms with Crippen molar-refractivity contribution in [1.29, 1.82) is 0 Å². The predicted molar refractivity (Wildman–Crippen MR) is 68.8 cm³/mol. The number of amides is 1. The van der Waals surface area contributed by atoms with E-state index in [0.29, 0.717) is 0 Å². The number of hydrogen-bond acceptors (Lipinski definition) is 2. The minimum atomic E-state index is -0.360. The van der Waals surface area contributed by atoms with Gasteiger partial charge in [-0.3, -0.25) is 4.79 Å². The zero-order valence-electron chi connectivity index (χ0n) is 10.2. The molecule has 0 saturated carbocycles. The van der Waals surface area contributed by atoms with Crippen LogP contribution in [0, 0.1) is 0 Å². The lowest BCUT2D eigenvalue weighted by atomic mass is 10.1. The van der Waals surface area contributed by atoms with Gasteiger partial charge in [0, 0.05) is 12.5 Å². The zero-order valence-corrected chi connectivity index (χ0v) is 10.2. The van der Waals surface area contributed by atoms with Crippen LogP contribution in [-0.2, 0) is 4.79 Å². The average molecular weight is 224 g/mol. The van der Waals surface area contributed by atoms with Crippen LogP contribution in [0.15, 0.2) is 24.3 Å². The van der Waals surface area contributed by atoms with E-state index in [2.05, 4.69) is 13.0 Å². The van der Waals surface area contributed by atoms with Crippen molar-refractivity contribution in [3.05, 3.63) is 24.3 Å². The molecule has 0 aliphatic heterocycles. The minimum absolute atomic E-state index is 0.209. The van der Waals surface area contributed by atoms with Crippen molar-refractivity contribution in [3.8, 4) is 0 Å². The molecule has 0 aliphatic rings. The first-order valence-electron chi connectivity index (χ1n) is 6.04. The van der Waals surface area contributed by atoms with Crippen molar-refractivity contribution in [2.24, 2.45) is 11.5 Å². The maximum atomic E-state index is 10.5. The van der Waals surface area contributed by atoms with Crippen LogP contribution in [0.4, 0.5) is 0 Å². The fraction of sp³-hybridized carbons (Fsp3) is 0.615. The van der Waals surface area contributed by atoms with Crippen molar-refractivity contribution >= 4 is 5.91 Å². The second kappa shape index (κ2) is 10.4. The maximum Gasteiger partial charge on any atom is 0.219 e. The fourth-order valence-electron chi connectivity index (χ4n) is 1.37. The lowest BCUT2D eigenvalue weighted by Gasteiger charge is -2.00. The lowest BCUT2D eigenvalue weighted by Crippen LogP contribution is -2.25. The summed E-state index contributed by atoms with van der Waals surface area (Å²) in [5.41, 5.74) is 10.7. The Kier molecular flexibility index (Phi) is 9.72. The Balaban J connectivity index is 3.50. The molecule has 0 radical (unpaired) electrons. The van der Waals surface area contributed by atoms with Crippen LogP contribution >= 0.6 is 0 Å². The van der Waals surface area contributed by atoms with Crippen LogP contribution in [0.1, 0.15) is 45.4 Å². The van der Waals surface area contributed by atoms with Gasteiger partial charge in [0.25, 0.3) is 0 Å². The van der Waals surface area contributed by atoms with Gasteiger partial charge >= 0.3 is 0 Å². The first-order valence-corrected chi connectivity index (χ1v) is 6.04. The third-order valence-electron chi connectivity index (χ3n) is 2.27. The Morgan fingerprint density at radius 3 is 2.62 bits per heavy atom. The predicted octanol–water partition coefficient (Wildman–Crippen LogP) is 2.27. The Morgan fingerprint density at radius 1 is 1.25 bits per heavy atom. The average Bonchev–Trinajstić information content (AvgIpc) is 2.21. The third-order valence-corrected chi connectivity index (χ3v) is 2.27. The summed E-state index contributed by atoms with van der Waals surface area (Å²) < 4.78 is 0. The molecule has 0 rings (SSSR count). The van der Waals surface area contributed by atoms with E-state index in [1.165, 1.54) is 25.7 Å². The molecule has 0 bridgehead atoms. The van der Waals surface area contributed by atoms with Crippen molar-refractivity contribution in [2.75, 3.05) is 0 Å². The summed E-state index contributed by atoms with van der Waals surface area (Å²) in [5.74, 6) is -0.360. The van der Waals surface area contributed by atoms with E-state index in [0.717, 1.165) is 6.42 Å². The van der Waals surface area contributed by atoms with Gasteiger partial charge in [-0.2, -0.15) is 0 Å². The maximum absolute atomic E-state index is 10.5. The topological polar surface area (TPSA) is 69.1 Å². The SMILES string of the molecule is CCCCCC/C=C/C=C/C(N)CC(N)=O. The zero-order chi connectivity index (χ0) is 12.2. The van der Waals surface area contributed by atoms with Gasteiger partial charge in [0.2, 0.25) is 5.91 Å². The van der Waals surface area contributed by atoms with Crippen LogP contribution in [0.3, 0.4) is 0 Å². The first-order chi connectivity index (χ1) is 7.66. The summed E-state index contributed by atoms with van der Waals surface area (Å²) in [5, 5.41) is 0. The van der Waals surface area contributed by atoms with Crippen molar-refractivity contribution in [1.82, 2.24) is 0 Å². The monoisotopic (exact) mass is 224 g/mol. The van der Waals surface area contributed by atoms with E-state index in [1.54, 1.807) is 6.08 Å². The molecule has 4 N–H and O–H groups in total. The highest BCUT2D eigenvalue weighted by molar-refractivity contribution is 5.74. The highest BCUT2D eigenvalue weighted by atomic mass is 16.1. The molecule has 92 valence electrons. The molecular weight excluding hydrogens is 200 g/mol. The number of nitrogens with two attached hydrogens (primary N) is 2. The number of allylic oxidation sites excluding steroid dienone is 3. The number of rotatable bonds is 9. The second-order valence-electron chi connectivity index (χ2n) is 4.00. The molecule has 1 unspecified atom stereocenters. The summed E-state index contributed by atoms with van der Waals surface area (Å²) in [4.78, 5) is 10.5. The van der Waals surface area contributed by atoms with E-state index in [4.69, 9.17) is 11.5 Å². The quantitative estimate of drug-likeness (QED) is 0.466. The molecule has 1 atom stereocenters. The van der Waals surface area contributed by atoms with E-state index < -0.39 is 0 Å². The van der Waals surface area contributed by atoms with Gasteiger partial charge in [0.1, 0.15) is 0 Å². The van der Waals surface area contributed by atoms with Gasteiger partial charge in [0.05, 0.1) is 0 Å². The van der Waals surface area contributed by atoms with Crippen LogP contribution in [0.5, 0.6) is 0 Å². The molecule has 0 saturated heterocycles. The van der Waals surface area contributed by atoms with Crippen LogP contribution < -0.4 is 11.5 Å². The van der Waals surface area contributed by atoms with Gasteiger partial charge in [-0.15, -0.1) is 0 Å². The molecule has 0 aliphatic carbocycles. The molecule has 3 heteroatoms. The van der Waals surface area contributed by atoms with E-state index in [1.807, 2.05) is 12.2 Å². The summed E-state index contributed by atoms with van der Waals surface area (Å²) in [6.45, 7) is 2.21. The summed E-state index contributed by atoms with van der Waals surface area (Å²) in [7, 11) is 0. The number of hydrogen-bond donors (Lipinski definition) is 2. The van der Waals surface area contributed by atoms with Gasteiger partial charge in [-0.05, 0) is 12.8 Å². The van der Waals surface area contributed by atoms with E-state index in [9.17, 15) is 4.79 Å². The molecule has 0 spiro atoms. The largest absolute Gasteiger partial charge is 0.370 e. The molecule has 3 nitrogen and oxygen atoms in total. The number of carbonyl (C=O) groups is 1. The highest BCUT2D eigenvalue weighted by Crippen LogP contribution is 2.02. The van der Waals surface area contributed by atoms with Crippen molar-refractivity contribution in [3.63, 3.8) is 0 Å². The first kappa shape index (κ1) is 14.9. The van der Waals surface area contributed by atoms with Crippen LogP contribution in [-0.4, -0.2) is 11.9 Å². The molecule has 0 heterocycles.